The van der Waals surface area contributed by atoms with Crippen LogP contribution >= 0.6 is 27.7 Å². The number of benzene rings is 1. The molecule has 0 spiro atoms. The average Bonchev–Trinajstić information content (AvgIpc) is 2.55. The Bertz CT molecular complexity index is 462. The Morgan fingerprint density at radius 1 is 1.39 bits per heavy atom. The van der Waals surface area contributed by atoms with E-state index in [9.17, 15) is 9.18 Å². The molecule has 1 fully saturated rings. The van der Waals surface area contributed by atoms with Gasteiger partial charge in [-0.05, 0) is 24.3 Å². The summed E-state index contributed by atoms with van der Waals surface area (Å²) in [5, 5.41) is 0. The van der Waals surface area contributed by atoms with Gasteiger partial charge in [0.25, 0.3) is 5.91 Å². The number of carbonyl (C=O) groups is 1. The second-order valence-electron chi connectivity index (χ2n) is 4.10. The van der Waals surface area contributed by atoms with Crippen molar-refractivity contribution in [2.75, 3.05) is 29.5 Å². The lowest BCUT2D eigenvalue weighted by molar-refractivity contribution is 0.0997. The van der Waals surface area contributed by atoms with E-state index >= 15 is 0 Å². The van der Waals surface area contributed by atoms with Crippen LogP contribution in [0.25, 0.3) is 0 Å². The van der Waals surface area contributed by atoms with E-state index in [1.54, 1.807) is 6.07 Å². The van der Waals surface area contributed by atoms with Crippen LogP contribution in [0, 0.1) is 5.82 Å². The number of thioether (sulfide) groups is 1. The largest absolute Gasteiger partial charge is 0.370 e. The molecule has 0 atom stereocenters. The van der Waals surface area contributed by atoms with Gasteiger partial charge in [0.2, 0.25) is 0 Å². The lowest BCUT2D eigenvalue weighted by Gasteiger charge is -2.24. The molecule has 2 rings (SSSR count). The van der Waals surface area contributed by atoms with Crippen molar-refractivity contribution in [1.29, 1.82) is 0 Å². The normalized spacial score (nSPS) is 16.4. The Balaban J connectivity index is 2.43. The minimum atomic E-state index is -0.716. The molecular formula is C12H14BrFN2OS. The Labute approximate surface area is 118 Å². The van der Waals surface area contributed by atoms with Gasteiger partial charge < -0.3 is 10.6 Å². The summed E-state index contributed by atoms with van der Waals surface area (Å²) < 4.78 is 14.5. The number of amides is 1. The number of halogens is 2. The lowest BCUT2D eigenvalue weighted by atomic mass is 10.1. The van der Waals surface area contributed by atoms with Crippen molar-refractivity contribution >= 4 is 39.3 Å². The number of nitrogens with zero attached hydrogens (tertiary/aromatic N) is 1. The highest BCUT2D eigenvalue weighted by Gasteiger charge is 2.21. The standard InChI is InChI=1S/C12H14BrFN2OS/c13-8-6-9(14)11(12(15)17)10(7-8)16-2-1-4-18-5-3-16/h6-7H,1-5H2,(H2,15,17). The van der Waals surface area contributed by atoms with E-state index in [0.717, 1.165) is 31.0 Å². The molecule has 0 radical (unpaired) electrons. The molecule has 1 aromatic rings. The van der Waals surface area contributed by atoms with Crippen molar-refractivity contribution in [1.82, 2.24) is 0 Å². The highest BCUT2D eigenvalue weighted by Crippen LogP contribution is 2.29. The van der Waals surface area contributed by atoms with Gasteiger partial charge in [0.15, 0.2) is 0 Å². The van der Waals surface area contributed by atoms with Crippen molar-refractivity contribution in [2.24, 2.45) is 5.73 Å². The van der Waals surface area contributed by atoms with Gasteiger partial charge in [-0.1, -0.05) is 15.9 Å². The predicted octanol–water partition coefficient (Wildman–Crippen LogP) is 2.63. The van der Waals surface area contributed by atoms with E-state index in [1.807, 2.05) is 16.7 Å². The molecule has 1 aliphatic heterocycles. The van der Waals surface area contributed by atoms with Crippen LogP contribution in [-0.2, 0) is 0 Å². The van der Waals surface area contributed by atoms with Crippen molar-refractivity contribution in [2.45, 2.75) is 6.42 Å². The molecule has 6 heteroatoms. The molecule has 0 saturated carbocycles. The number of hydrogen-bond donors (Lipinski definition) is 1. The fraction of sp³-hybridized carbons (Fsp3) is 0.417. The highest BCUT2D eigenvalue weighted by molar-refractivity contribution is 9.10. The first-order chi connectivity index (χ1) is 8.59. The SMILES string of the molecule is NC(=O)c1c(F)cc(Br)cc1N1CCCSCC1. The summed E-state index contributed by atoms with van der Waals surface area (Å²) in [6.07, 6.45) is 1.02. The summed E-state index contributed by atoms with van der Waals surface area (Å²) in [5.41, 5.74) is 5.87. The van der Waals surface area contributed by atoms with Gasteiger partial charge in [-0.3, -0.25) is 4.79 Å². The van der Waals surface area contributed by atoms with Crippen LogP contribution in [0.4, 0.5) is 10.1 Å². The summed E-state index contributed by atoms with van der Waals surface area (Å²) >= 11 is 5.13. The van der Waals surface area contributed by atoms with Crippen LogP contribution in [0.15, 0.2) is 16.6 Å². The zero-order chi connectivity index (χ0) is 13.1. The van der Waals surface area contributed by atoms with E-state index in [-0.39, 0.29) is 5.56 Å². The molecule has 1 aromatic carbocycles. The first-order valence-corrected chi connectivity index (χ1v) is 7.66. The molecule has 1 amide bonds. The molecular weight excluding hydrogens is 319 g/mol. The molecule has 1 heterocycles. The first kappa shape index (κ1) is 13.7. The second kappa shape index (κ2) is 5.93. The van der Waals surface area contributed by atoms with Crippen LogP contribution in [0.3, 0.4) is 0 Å². The zero-order valence-electron chi connectivity index (χ0n) is 9.79. The van der Waals surface area contributed by atoms with E-state index < -0.39 is 11.7 Å². The minimum absolute atomic E-state index is 0.00917. The van der Waals surface area contributed by atoms with Crippen LogP contribution < -0.4 is 10.6 Å². The van der Waals surface area contributed by atoms with Crippen molar-refractivity contribution < 1.29 is 9.18 Å². The summed E-state index contributed by atoms with van der Waals surface area (Å²) in [7, 11) is 0. The molecule has 0 bridgehead atoms. The zero-order valence-corrected chi connectivity index (χ0v) is 12.2. The van der Waals surface area contributed by atoms with E-state index in [0.29, 0.717) is 10.2 Å². The summed E-state index contributed by atoms with van der Waals surface area (Å²) in [5.74, 6) is 0.793. The Hall–Kier alpha value is -0.750. The molecule has 0 unspecified atom stereocenters. The predicted molar refractivity (Wildman–Crippen MR) is 76.8 cm³/mol. The highest BCUT2D eigenvalue weighted by atomic mass is 79.9. The van der Waals surface area contributed by atoms with Crippen LogP contribution in [0.2, 0.25) is 0 Å². The molecule has 1 saturated heterocycles. The second-order valence-corrected chi connectivity index (χ2v) is 6.24. The fourth-order valence-corrected chi connectivity index (χ4v) is 3.34. The van der Waals surface area contributed by atoms with Gasteiger partial charge in [0.1, 0.15) is 5.82 Å². The number of rotatable bonds is 2. The van der Waals surface area contributed by atoms with Crippen molar-refractivity contribution in [3.8, 4) is 0 Å². The van der Waals surface area contributed by atoms with Crippen molar-refractivity contribution in [3.63, 3.8) is 0 Å². The van der Waals surface area contributed by atoms with Gasteiger partial charge in [-0.25, -0.2) is 4.39 Å². The van der Waals surface area contributed by atoms with Crippen LogP contribution in [-0.4, -0.2) is 30.5 Å². The van der Waals surface area contributed by atoms with Gasteiger partial charge in [0, 0.05) is 23.3 Å². The third-order valence-electron chi connectivity index (χ3n) is 2.84. The smallest absolute Gasteiger partial charge is 0.253 e. The Morgan fingerprint density at radius 3 is 2.89 bits per heavy atom. The number of anilines is 1. The topological polar surface area (TPSA) is 46.3 Å². The number of primary amides is 1. The quantitative estimate of drug-likeness (QED) is 0.905. The third-order valence-corrected chi connectivity index (χ3v) is 4.35. The number of carbonyl (C=O) groups excluding carboxylic acids is 1. The monoisotopic (exact) mass is 332 g/mol. The van der Waals surface area contributed by atoms with E-state index in [2.05, 4.69) is 15.9 Å². The average molecular weight is 333 g/mol. The van der Waals surface area contributed by atoms with E-state index in [1.165, 1.54) is 6.07 Å². The number of nitrogens with two attached hydrogens (primary N) is 1. The van der Waals surface area contributed by atoms with E-state index in [4.69, 9.17) is 5.73 Å². The molecule has 98 valence electrons. The van der Waals surface area contributed by atoms with Gasteiger partial charge in [0.05, 0.1) is 11.3 Å². The Morgan fingerprint density at radius 2 is 2.17 bits per heavy atom. The lowest BCUT2D eigenvalue weighted by Crippen LogP contribution is -2.29. The van der Waals surface area contributed by atoms with Crippen LogP contribution in [0.5, 0.6) is 0 Å². The van der Waals surface area contributed by atoms with Gasteiger partial charge >= 0.3 is 0 Å². The molecule has 0 aromatic heterocycles. The summed E-state index contributed by atoms with van der Waals surface area (Å²) in [4.78, 5) is 13.5. The maximum atomic E-state index is 13.9. The maximum Gasteiger partial charge on any atom is 0.253 e. The molecule has 3 nitrogen and oxygen atoms in total. The Kier molecular flexibility index (Phi) is 4.50. The van der Waals surface area contributed by atoms with Crippen LogP contribution in [0.1, 0.15) is 16.8 Å². The first-order valence-electron chi connectivity index (χ1n) is 5.71. The van der Waals surface area contributed by atoms with Gasteiger partial charge in [-0.15, -0.1) is 0 Å². The summed E-state index contributed by atoms with van der Waals surface area (Å²) in [6.45, 7) is 1.63. The minimum Gasteiger partial charge on any atom is -0.370 e. The maximum absolute atomic E-state index is 13.9. The fourth-order valence-electron chi connectivity index (χ4n) is 2.04. The summed E-state index contributed by atoms with van der Waals surface area (Å²) in [6, 6.07) is 3.04. The molecule has 18 heavy (non-hydrogen) atoms. The third kappa shape index (κ3) is 2.98. The number of hydrogen-bond acceptors (Lipinski definition) is 3. The molecule has 1 aliphatic rings. The van der Waals surface area contributed by atoms with Crippen molar-refractivity contribution in [3.05, 3.63) is 28.0 Å². The molecule has 2 N–H and O–H groups in total. The van der Waals surface area contributed by atoms with Gasteiger partial charge in [-0.2, -0.15) is 11.8 Å². The molecule has 0 aliphatic carbocycles.